The van der Waals surface area contributed by atoms with Gasteiger partial charge in [0, 0.05) is 15.9 Å². The first-order valence-electron chi connectivity index (χ1n) is 3.57. The molecule has 1 rings (SSSR count). The number of carbonyl (C=O) groups excluding carboxylic acids is 1. The molecule has 0 amide bonds. The summed E-state index contributed by atoms with van der Waals surface area (Å²) in [5.41, 5.74) is 1.72. The van der Waals surface area contributed by atoms with E-state index in [9.17, 15) is 4.79 Å². The molecule has 0 bridgehead atoms. The number of rotatable bonds is 3. The molecule has 12 heavy (non-hydrogen) atoms. The van der Waals surface area contributed by atoms with Crippen molar-refractivity contribution in [2.45, 2.75) is 6.42 Å². The van der Waals surface area contributed by atoms with Gasteiger partial charge in [-0.25, -0.2) is 0 Å². The normalized spacial score (nSPS) is 9.83. The summed E-state index contributed by atoms with van der Waals surface area (Å²) in [7, 11) is 0. The molecule has 3 heteroatoms. The van der Waals surface area contributed by atoms with Gasteiger partial charge in [-0.05, 0) is 30.2 Å². The van der Waals surface area contributed by atoms with Gasteiger partial charge in [0.25, 0.3) is 0 Å². The van der Waals surface area contributed by atoms with Gasteiger partial charge in [0.1, 0.15) is 6.29 Å². The van der Waals surface area contributed by atoms with E-state index in [1.165, 1.54) is 0 Å². The topological polar surface area (TPSA) is 17.1 Å². The number of aryl methyl sites for hydroxylation is 1. The summed E-state index contributed by atoms with van der Waals surface area (Å²) in [6.07, 6.45) is 1.68. The predicted molar refractivity (Wildman–Crippen MR) is 54.3 cm³/mol. The Bertz CT molecular complexity index is 286. The molecule has 64 valence electrons. The molecule has 0 heterocycles. The maximum absolute atomic E-state index is 10.6. The molecule has 0 radical (unpaired) electrons. The van der Waals surface area contributed by atoms with Crippen molar-refractivity contribution in [2.75, 3.05) is 5.33 Å². The molecule has 0 fully saturated rings. The Kier molecular flexibility index (Phi) is 3.76. The smallest absolute Gasteiger partial charge is 0.150 e. The van der Waals surface area contributed by atoms with E-state index in [0.717, 1.165) is 29.2 Å². The van der Waals surface area contributed by atoms with Gasteiger partial charge in [-0.15, -0.1) is 0 Å². The van der Waals surface area contributed by atoms with Crippen molar-refractivity contribution < 1.29 is 4.79 Å². The molecule has 0 saturated carbocycles. The Balaban J connectivity index is 3.03. The number of carbonyl (C=O) groups is 1. The van der Waals surface area contributed by atoms with Crippen LogP contribution in [0.5, 0.6) is 0 Å². The van der Waals surface area contributed by atoms with Crippen LogP contribution in [0.3, 0.4) is 0 Å². The van der Waals surface area contributed by atoms with Gasteiger partial charge in [0.2, 0.25) is 0 Å². The zero-order chi connectivity index (χ0) is 8.97. The van der Waals surface area contributed by atoms with E-state index in [0.29, 0.717) is 5.02 Å². The first-order chi connectivity index (χ1) is 5.77. The highest BCUT2D eigenvalue weighted by molar-refractivity contribution is 9.09. The Labute approximate surface area is 84.9 Å². The summed E-state index contributed by atoms with van der Waals surface area (Å²) in [5, 5.41) is 1.52. The van der Waals surface area contributed by atoms with E-state index in [1.54, 1.807) is 12.1 Å². The first-order valence-corrected chi connectivity index (χ1v) is 5.07. The molecule has 0 N–H and O–H groups in total. The van der Waals surface area contributed by atoms with Gasteiger partial charge in [-0.2, -0.15) is 0 Å². The second-order valence-electron chi connectivity index (χ2n) is 2.40. The zero-order valence-electron chi connectivity index (χ0n) is 6.39. The van der Waals surface area contributed by atoms with E-state index in [2.05, 4.69) is 15.9 Å². The fourth-order valence-electron chi connectivity index (χ4n) is 1.01. The molecule has 1 aromatic rings. The lowest BCUT2D eigenvalue weighted by molar-refractivity contribution is 0.112. The van der Waals surface area contributed by atoms with Gasteiger partial charge in [-0.1, -0.05) is 27.5 Å². The minimum Gasteiger partial charge on any atom is -0.298 e. The SMILES string of the molecule is O=Cc1ccc(Cl)cc1CCBr. The second kappa shape index (κ2) is 4.63. The lowest BCUT2D eigenvalue weighted by Gasteiger charge is -2.01. The van der Waals surface area contributed by atoms with Gasteiger partial charge in [-0.3, -0.25) is 4.79 Å². The molecule has 0 atom stereocenters. The number of hydrogen-bond donors (Lipinski definition) is 0. The number of halogens is 2. The van der Waals surface area contributed by atoms with E-state index < -0.39 is 0 Å². The minimum atomic E-state index is 0.677. The van der Waals surface area contributed by atoms with Crippen molar-refractivity contribution in [1.29, 1.82) is 0 Å². The van der Waals surface area contributed by atoms with Gasteiger partial charge < -0.3 is 0 Å². The van der Waals surface area contributed by atoms with Crippen LogP contribution < -0.4 is 0 Å². The number of aldehydes is 1. The Morgan fingerprint density at radius 2 is 2.25 bits per heavy atom. The van der Waals surface area contributed by atoms with Crippen LogP contribution in [0.4, 0.5) is 0 Å². The number of hydrogen-bond acceptors (Lipinski definition) is 1. The summed E-state index contributed by atoms with van der Waals surface area (Å²) in [6, 6.07) is 5.29. The summed E-state index contributed by atoms with van der Waals surface area (Å²) < 4.78 is 0. The third-order valence-electron chi connectivity index (χ3n) is 1.60. The third kappa shape index (κ3) is 2.32. The molecule has 1 aromatic carbocycles. The summed E-state index contributed by atoms with van der Waals surface area (Å²) >= 11 is 9.09. The van der Waals surface area contributed by atoms with Crippen molar-refractivity contribution >= 4 is 33.8 Å². The van der Waals surface area contributed by atoms with Crippen molar-refractivity contribution in [3.05, 3.63) is 34.3 Å². The predicted octanol–water partition coefficient (Wildman–Crippen LogP) is 3.09. The van der Waals surface area contributed by atoms with Crippen LogP contribution in [0.1, 0.15) is 15.9 Å². The molecule has 0 aliphatic heterocycles. The van der Waals surface area contributed by atoms with E-state index in [1.807, 2.05) is 6.07 Å². The Hall–Kier alpha value is -0.340. The molecule has 0 saturated heterocycles. The minimum absolute atomic E-state index is 0.677. The van der Waals surface area contributed by atoms with Crippen molar-refractivity contribution in [3.8, 4) is 0 Å². The summed E-state index contributed by atoms with van der Waals surface area (Å²) in [5.74, 6) is 0. The summed E-state index contributed by atoms with van der Waals surface area (Å²) in [4.78, 5) is 10.6. The molecule has 0 aromatic heterocycles. The highest BCUT2D eigenvalue weighted by Gasteiger charge is 2.00. The van der Waals surface area contributed by atoms with E-state index >= 15 is 0 Å². The zero-order valence-corrected chi connectivity index (χ0v) is 8.73. The fraction of sp³-hybridized carbons (Fsp3) is 0.222. The lowest BCUT2D eigenvalue weighted by atomic mass is 10.1. The molecule has 1 nitrogen and oxygen atoms in total. The van der Waals surface area contributed by atoms with Crippen molar-refractivity contribution in [1.82, 2.24) is 0 Å². The standard InChI is InChI=1S/C9H8BrClO/c10-4-3-7-5-9(11)2-1-8(7)6-12/h1-2,5-6H,3-4H2. The average molecular weight is 248 g/mol. The van der Waals surface area contributed by atoms with Crippen LogP contribution in [-0.2, 0) is 6.42 Å². The Morgan fingerprint density at radius 1 is 1.50 bits per heavy atom. The molecule has 0 aliphatic rings. The molecule has 0 aliphatic carbocycles. The highest BCUT2D eigenvalue weighted by atomic mass is 79.9. The lowest BCUT2D eigenvalue weighted by Crippen LogP contribution is -1.93. The van der Waals surface area contributed by atoms with Crippen LogP contribution in [-0.4, -0.2) is 11.6 Å². The van der Waals surface area contributed by atoms with Crippen molar-refractivity contribution in [2.24, 2.45) is 0 Å². The average Bonchev–Trinajstić information content (AvgIpc) is 2.05. The van der Waals surface area contributed by atoms with Crippen molar-refractivity contribution in [3.63, 3.8) is 0 Å². The maximum Gasteiger partial charge on any atom is 0.150 e. The molecule has 0 unspecified atom stereocenters. The molecular formula is C9H8BrClO. The highest BCUT2D eigenvalue weighted by Crippen LogP contribution is 2.15. The molecule has 0 spiro atoms. The maximum atomic E-state index is 10.6. The number of alkyl halides is 1. The first kappa shape index (κ1) is 9.75. The van der Waals surface area contributed by atoms with Gasteiger partial charge in [0.05, 0.1) is 0 Å². The van der Waals surface area contributed by atoms with Gasteiger partial charge in [0.15, 0.2) is 0 Å². The Morgan fingerprint density at radius 3 is 2.83 bits per heavy atom. The monoisotopic (exact) mass is 246 g/mol. The van der Waals surface area contributed by atoms with Crippen LogP contribution in [0, 0.1) is 0 Å². The van der Waals surface area contributed by atoms with Crippen LogP contribution in [0.25, 0.3) is 0 Å². The van der Waals surface area contributed by atoms with Crippen LogP contribution in [0.2, 0.25) is 5.02 Å². The second-order valence-corrected chi connectivity index (χ2v) is 3.63. The third-order valence-corrected chi connectivity index (χ3v) is 2.23. The fourth-order valence-corrected chi connectivity index (χ4v) is 1.63. The van der Waals surface area contributed by atoms with Gasteiger partial charge >= 0.3 is 0 Å². The van der Waals surface area contributed by atoms with E-state index in [-0.39, 0.29) is 0 Å². The number of benzene rings is 1. The van der Waals surface area contributed by atoms with E-state index in [4.69, 9.17) is 11.6 Å². The quantitative estimate of drug-likeness (QED) is 0.592. The molecular weight excluding hydrogens is 239 g/mol. The largest absolute Gasteiger partial charge is 0.298 e. The summed E-state index contributed by atoms with van der Waals surface area (Å²) in [6.45, 7) is 0. The van der Waals surface area contributed by atoms with Crippen LogP contribution in [0.15, 0.2) is 18.2 Å². The van der Waals surface area contributed by atoms with Crippen LogP contribution >= 0.6 is 27.5 Å².